The molecule has 2 aliphatic rings. The SMILES string of the molecule is COC(=O)N(Cc1cc(C(F)(F)F)cc(C(F)(F)F)c1)[C@H]1C[C@@H](C2CC2)N(C(=O)OC(C)(C)C(Cl)(Cl)Cl)c2ccc(C(F)(F)F)cc21. The highest BCUT2D eigenvalue weighted by Gasteiger charge is 2.51. The highest BCUT2D eigenvalue weighted by atomic mass is 35.6. The van der Waals surface area contributed by atoms with Crippen LogP contribution in [0.25, 0.3) is 0 Å². The van der Waals surface area contributed by atoms with Crippen LogP contribution in [0, 0.1) is 5.92 Å². The van der Waals surface area contributed by atoms with Crippen LogP contribution in [0.3, 0.4) is 0 Å². The average molecular weight is 744 g/mol. The van der Waals surface area contributed by atoms with Gasteiger partial charge in [-0.3, -0.25) is 9.80 Å². The lowest BCUT2D eigenvalue weighted by Crippen LogP contribution is -2.53. The van der Waals surface area contributed by atoms with Crippen LogP contribution in [0.1, 0.15) is 67.0 Å². The van der Waals surface area contributed by atoms with E-state index in [-0.39, 0.29) is 29.7 Å². The van der Waals surface area contributed by atoms with Gasteiger partial charge in [0.1, 0.15) is 0 Å². The fourth-order valence-corrected chi connectivity index (χ4v) is 5.44. The first-order valence-corrected chi connectivity index (χ1v) is 14.9. The van der Waals surface area contributed by atoms with E-state index in [9.17, 15) is 49.1 Å². The number of hydrogen-bond acceptors (Lipinski definition) is 4. The number of carbonyl (C=O) groups excluding carboxylic acids is 2. The minimum atomic E-state index is -5.20. The number of amides is 2. The zero-order valence-corrected chi connectivity index (χ0v) is 26.9. The van der Waals surface area contributed by atoms with E-state index in [0.717, 1.165) is 23.0 Å². The summed E-state index contributed by atoms with van der Waals surface area (Å²) in [4.78, 5) is 28.6. The maximum Gasteiger partial charge on any atom is 0.416 e. The third-order valence-electron chi connectivity index (χ3n) is 7.94. The van der Waals surface area contributed by atoms with Gasteiger partial charge in [-0.15, -0.1) is 0 Å². The van der Waals surface area contributed by atoms with Crippen molar-refractivity contribution in [2.24, 2.45) is 5.92 Å². The van der Waals surface area contributed by atoms with Gasteiger partial charge in [0.05, 0.1) is 35.5 Å². The normalized spacial score (nSPS) is 19.3. The van der Waals surface area contributed by atoms with E-state index >= 15 is 0 Å². The summed E-state index contributed by atoms with van der Waals surface area (Å²) < 4.78 is 132. The lowest BCUT2D eigenvalue weighted by molar-refractivity contribution is -0.143. The molecule has 0 N–H and O–H groups in total. The molecule has 0 aromatic heterocycles. The number of ether oxygens (including phenoxy) is 2. The molecule has 2 aromatic carbocycles. The summed E-state index contributed by atoms with van der Waals surface area (Å²) >= 11 is 17.9. The second-order valence-electron chi connectivity index (χ2n) is 11.7. The fraction of sp³-hybridized carbons (Fsp3) is 0.517. The summed E-state index contributed by atoms with van der Waals surface area (Å²) in [6.45, 7) is 1.64. The van der Waals surface area contributed by atoms with Gasteiger partial charge in [-0.2, -0.15) is 39.5 Å². The summed E-state index contributed by atoms with van der Waals surface area (Å²) in [6, 6.07) is 0.724. The van der Waals surface area contributed by atoms with Crippen molar-refractivity contribution >= 4 is 52.7 Å². The highest BCUT2D eigenvalue weighted by Crippen LogP contribution is 2.51. The summed E-state index contributed by atoms with van der Waals surface area (Å²) in [5.41, 5.74) is -7.35. The molecule has 0 radical (unpaired) electrons. The van der Waals surface area contributed by atoms with Crippen molar-refractivity contribution in [2.45, 2.75) is 79.7 Å². The molecule has 260 valence electrons. The summed E-state index contributed by atoms with van der Waals surface area (Å²) in [6.07, 6.45) is -16.9. The van der Waals surface area contributed by atoms with Gasteiger partial charge in [0.25, 0.3) is 0 Å². The predicted molar refractivity (Wildman–Crippen MR) is 153 cm³/mol. The number of benzene rings is 2. The quantitative estimate of drug-likeness (QED) is 0.226. The number of rotatable bonds is 5. The molecular formula is C29H26Cl3F9N2O4. The van der Waals surface area contributed by atoms with Crippen molar-refractivity contribution < 1.29 is 58.6 Å². The molecule has 1 aliphatic heterocycles. The Labute approximate surface area is 277 Å². The topological polar surface area (TPSA) is 59.1 Å². The van der Waals surface area contributed by atoms with Crippen LogP contribution in [0.4, 0.5) is 54.8 Å². The molecule has 1 saturated carbocycles. The Morgan fingerprint density at radius 2 is 1.38 bits per heavy atom. The van der Waals surface area contributed by atoms with Gasteiger partial charge in [0.15, 0.2) is 5.60 Å². The molecule has 0 spiro atoms. The minimum Gasteiger partial charge on any atom is -0.453 e. The van der Waals surface area contributed by atoms with Crippen molar-refractivity contribution in [1.82, 2.24) is 4.90 Å². The lowest BCUT2D eigenvalue weighted by Gasteiger charge is -2.45. The molecule has 4 rings (SSSR count). The number of hydrogen-bond donors (Lipinski definition) is 0. The monoisotopic (exact) mass is 742 g/mol. The van der Waals surface area contributed by atoms with E-state index in [1.165, 1.54) is 13.8 Å². The van der Waals surface area contributed by atoms with Crippen molar-refractivity contribution in [3.05, 3.63) is 64.2 Å². The first-order valence-electron chi connectivity index (χ1n) is 13.8. The number of carbonyl (C=O) groups is 2. The minimum absolute atomic E-state index is 0.0944. The molecule has 2 atom stereocenters. The molecule has 1 fully saturated rings. The van der Waals surface area contributed by atoms with Crippen LogP contribution < -0.4 is 4.90 Å². The Balaban J connectivity index is 1.89. The molecule has 2 aromatic rings. The van der Waals surface area contributed by atoms with Crippen LogP contribution in [0.2, 0.25) is 0 Å². The Morgan fingerprint density at radius 3 is 1.83 bits per heavy atom. The van der Waals surface area contributed by atoms with Crippen LogP contribution >= 0.6 is 34.8 Å². The molecule has 2 amide bonds. The number of anilines is 1. The average Bonchev–Trinajstić information content (AvgIpc) is 3.77. The van der Waals surface area contributed by atoms with Gasteiger partial charge in [0, 0.05) is 12.6 Å². The standard InChI is InChI=1S/C29H26Cl3F9N2O4/c1-25(2,29(30,31)32)47-24(45)43-20-7-6-16(26(33,34)35)11-19(20)22(12-21(43)15-4-5-15)42(23(44)46-3)13-14-8-17(27(36,37)38)10-18(9-14)28(39,40)41/h6-11,15,21-22H,4-5,12-13H2,1-3H3/t21-,22-/m0/s1. The third-order valence-corrected chi connectivity index (χ3v) is 9.31. The van der Waals surface area contributed by atoms with Crippen LogP contribution in [0.15, 0.2) is 36.4 Å². The lowest BCUT2D eigenvalue weighted by atomic mass is 9.86. The number of fused-ring (bicyclic) bond motifs is 1. The molecule has 18 heteroatoms. The van der Waals surface area contributed by atoms with Gasteiger partial charge < -0.3 is 9.47 Å². The molecule has 0 bridgehead atoms. The summed E-state index contributed by atoms with van der Waals surface area (Å²) in [5.74, 6) is -0.263. The molecular weight excluding hydrogens is 718 g/mol. The third kappa shape index (κ3) is 8.10. The predicted octanol–water partition coefficient (Wildman–Crippen LogP) is 10.3. The van der Waals surface area contributed by atoms with Gasteiger partial charge in [-0.05, 0) is 86.6 Å². The van der Waals surface area contributed by atoms with Gasteiger partial charge in [-0.25, -0.2) is 9.59 Å². The van der Waals surface area contributed by atoms with Crippen molar-refractivity contribution in [3.63, 3.8) is 0 Å². The van der Waals surface area contributed by atoms with E-state index in [2.05, 4.69) is 0 Å². The van der Waals surface area contributed by atoms with Gasteiger partial charge in [-0.1, -0.05) is 34.8 Å². The highest BCUT2D eigenvalue weighted by molar-refractivity contribution is 6.68. The first kappa shape index (κ1) is 37.0. The van der Waals surface area contributed by atoms with Gasteiger partial charge in [0.2, 0.25) is 3.79 Å². The summed E-state index contributed by atoms with van der Waals surface area (Å²) in [7, 11) is 0.888. The van der Waals surface area contributed by atoms with Crippen molar-refractivity contribution in [1.29, 1.82) is 0 Å². The molecule has 0 unspecified atom stereocenters. The number of alkyl halides is 12. The Morgan fingerprint density at radius 1 is 0.851 bits per heavy atom. The maximum atomic E-state index is 13.9. The van der Waals surface area contributed by atoms with E-state index in [0.29, 0.717) is 37.1 Å². The molecule has 1 heterocycles. The molecule has 47 heavy (non-hydrogen) atoms. The molecule has 0 saturated heterocycles. The van der Waals surface area contributed by atoms with Gasteiger partial charge >= 0.3 is 30.7 Å². The van der Waals surface area contributed by atoms with Crippen LogP contribution in [-0.4, -0.2) is 39.6 Å². The summed E-state index contributed by atoms with van der Waals surface area (Å²) in [5, 5.41) is 0. The fourth-order valence-electron chi connectivity index (χ4n) is 5.32. The van der Waals surface area contributed by atoms with Crippen molar-refractivity contribution in [2.75, 3.05) is 12.0 Å². The largest absolute Gasteiger partial charge is 0.453 e. The van der Waals surface area contributed by atoms with E-state index < -0.39 is 81.0 Å². The maximum absolute atomic E-state index is 13.9. The van der Waals surface area contributed by atoms with Crippen molar-refractivity contribution in [3.8, 4) is 0 Å². The number of halogens is 12. The van der Waals surface area contributed by atoms with Crippen LogP contribution in [0.5, 0.6) is 0 Å². The zero-order chi connectivity index (χ0) is 35.5. The second kappa shape index (κ2) is 12.6. The number of nitrogens with zero attached hydrogens (tertiary/aromatic N) is 2. The molecule has 6 nitrogen and oxygen atoms in total. The second-order valence-corrected chi connectivity index (χ2v) is 14.0. The van der Waals surface area contributed by atoms with E-state index in [1.54, 1.807) is 0 Å². The van der Waals surface area contributed by atoms with E-state index in [1.807, 2.05) is 0 Å². The Hall–Kier alpha value is -2.78. The van der Waals surface area contributed by atoms with Crippen LogP contribution in [-0.2, 0) is 34.5 Å². The molecule has 1 aliphatic carbocycles. The number of methoxy groups -OCH3 is 1. The first-order chi connectivity index (χ1) is 21.3. The Bertz CT molecular complexity index is 1490. The zero-order valence-electron chi connectivity index (χ0n) is 24.6. The smallest absolute Gasteiger partial charge is 0.416 e. The Kier molecular flexibility index (Phi) is 9.92. The van der Waals surface area contributed by atoms with E-state index in [4.69, 9.17) is 44.3 Å².